The van der Waals surface area contributed by atoms with Crippen LogP contribution in [0.4, 0.5) is 0 Å². The minimum absolute atomic E-state index is 0.142. The second kappa shape index (κ2) is 4.84. The summed E-state index contributed by atoms with van der Waals surface area (Å²) in [7, 11) is 0. The average molecular weight is 247 g/mol. The highest BCUT2D eigenvalue weighted by molar-refractivity contribution is 7.21. The van der Waals surface area contributed by atoms with Crippen LogP contribution in [0.3, 0.4) is 0 Å². The fourth-order valence-corrected chi connectivity index (χ4v) is 2.72. The third-order valence-corrected chi connectivity index (χ3v) is 3.54. The van der Waals surface area contributed by atoms with E-state index < -0.39 is 0 Å². The van der Waals surface area contributed by atoms with Crippen molar-refractivity contribution in [1.29, 1.82) is 0 Å². The molecular formula is C10H9N5OS. The van der Waals surface area contributed by atoms with Crippen LogP contribution in [-0.4, -0.2) is 5.91 Å². The van der Waals surface area contributed by atoms with Gasteiger partial charge in [-0.1, -0.05) is 23.3 Å². The predicted octanol–water partition coefficient (Wildman–Crippen LogP) is 2.32. The van der Waals surface area contributed by atoms with Crippen LogP contribution in [0.5, 0.6) is 0 Å². The van der Waals surface area contributed by atoms with Gasteiger partial charge in [0, 0.05) is 9.61 Å². The van der Waals surface area contributed by atoms with Gasteiger partial charge >= 0.3 is 0 Å². The zero-order valence-electron chi connectivity index (χ0n) is 8.75. The Morgan fingerprint density at radius 3 is 3.00 bits per heavy atom. The lowest BCUT2D eigenvalue weighted by atomic mass is 10.1. The first-order valence-electron chi connectivity index (χ1n) is 4.80. The second-order valence-electron chi connectivity index (χ2n) is 3.27. The fraction of sp³-hybridized carbons (Fsp3) is 0.100. The highest BCUT2D eigenvalue weighted by Crippen LogP contribution is 2.31. The summed E-state index contributed by atoms with van der Waals surface area (Å²) < 4.78 is 0.967. The lowest BCUT2D eigenvalue weighted by Crippen LogP contribution is -2.29. The van der Waals surface area contributed by atoms with Crippen LogP contribution in [0.2, 0.25) is 0 Å². The van der Waals surface area contributed by atoms with E-state index in [9.17, 15) is 4.79 Å². The summed E-state index contributed by atoms with van der Waals surface area (Å²) in [6.45, 7) is 0.142. The Balaban J connectivity index is 2.64. The van der Waals surface area contributed by atoms with Crippen LogP contribution in [-0.2, 0) is 6.54 Å². The summed E-state index contributed by atoms with van der Waals surface area (Å²) in [6.07, 6.45) is 0. The van der Waals surface area contributed by atoms with E-state index in [1.807, 2.05) is 24.3 Å². The van der Waals surface area contributed by atoms with Gasteiger partial charge < -0.3 is 0 Å². The lowest BCUT2D eigenvalue weighted by molar-refractivity contribution is 0.0957. The highest BCUT2D eigenvalue weighted by Gasteiger charge is 2.16. The van der Waals surface area contributed by atoms with Gasteiger partial charge in [-0.3, -0.25) is 10.2 Å². The minimum atomic E-state index is -0.366. The van der Waals surface area contributed by atoms with Gasteiger partial charge in [0.2, 0.25) is 0 Å². The topological polar surface area (TPSA) is 104 Å². The molecule has 0 spiro atoms. The number of thiophene rings is 1. The van der Waals surface area contributed by atoms with Gasteiger partial charge in [0.25, 0.3) is 5.91 Å². The Bertz CT molecular complexity index is 614. The molecule has 7 heteroatoms. The van der Waals surface area contributed by atoms with Crippen molar-refractivity contribution < 1.29 is 4.79 Å². The highest BCUT2D eigenvalue weighted by atomic mass is 32.1. The minimum Gasteiger partial charge on any atom is -0.289 e. The predicted molar refractivity (Wildman–Crippen MR) is 66.3 cm³/mol. The summed E-state index contributed by atoms with van der Waals surface area (Å²) in [5.41, 5.74) is 11.2. The normalized spacial score (nSPS) is 9.94. The maximum Gasteiger partial charge on any atom is 0.275 e. The third kappa shape index (κ3) is 2.07. The molecule has 17 heavy (non-hydrogen) atoms. The van der Waals surface area contributed by atoms with E-state index in [4.69, 9.17) is 11.4 Å². The molecule has 1 heterocycles. The Labute approximate surface area is 101 Å². The molecule has 0 fully saturated rings. The van der Waals surface area contributed by atoms with Crippen molar-refractivity contribution in [3.05, 3.63) is 45.1 Å². The summed E-state index contributed by atoms with van der Waals surface area (Å²) in [5, 5.41) is 4.43. The van der Waals surface area contributed by atoms with Crippen LogP contribution in [0.1, 0.15) is 15.2 Å². The smallest absolute Gasteiger partial charge is 0.275 e. The van der Waals surface area contributed by atoms with Crippen molar-refractivity contribution in [3.8, 4) is 0 Å². The van der Waals surface area contributed by atoms with Gasteiger partial charge in [-0.2, -0.15) is 0 Å². The van der Waals surface area contributed by atoms with Crippen molar-refractivity contribution in [2.24, 2.45) is 11.0 Å². The summed E-state index contributed by atoms with van der Waals surface area (Å²) in [6, 6.07) is 7.56. The number of carbonyl (C=O) groups is 1. The molecule has 1 amide bonds. The zero-order valence-corrected chi connectivity index (χ0v) is 9.57. The molecule has 1 aromatic carbocycles. The number of nitrogens with zero attached hydrogens (tertiary/aromatic N) is 3. The largest absolute Gasteiger partial charge is 0.289 e. The van der Waals surface area contributed by atoms with Crippen LogP contribution >= 0.6 is 11.3 Å². The molecule has 2 aromatic rings. The van der Waals surface area contributed by atoms with E-state index in [-0.39, 0.29) is 12.5 Å². The monoisotopic (exact) mass is 247 g/mol. The van der Waals surface area contributed by atoms with Crippen molar-refractivity contribution >= 4 is 27.3 Å². The summed E-state index contributed by atoms with van der Waals surface area (Å²) in [4.78, 5) is 14.8. The van der Waals surface area contributed by atoms with Crippen molar-refractivity contribution in [1.82, 2.24) is 5.43 Å². The van der Waals surface area contributed by atoms with Crippen LogP contribution < -0.4 is 11.3 Å². The molecule has 3 N–H and O–H groups in total. The first kappa shape index (κ1) is 11.4. The van der Waals surface area contributed by atoms with Gasteiger partial charge in [0.1, 0.15) is 0 Å². The number of fused-ring (bicyclic) bond motifs is 1. The van der Waals surface area contributed by atoms with E-state index in [1.165, 1.54) is 11.3 Å². The van der Waals surface area contributed by atoms with Gasteiger partial charge in [0.05, 0.1) is 11.4 Å². The van der Waals surface area contributed by atoms with Gasteiger partial charge in [0.15, 0.2) is 0 Å². The summed E-state index contributed by atoms with van der Waals surface area (Å²) >= 11 is 1.33. The van der Waals surface area contributed by atoms with E-state index in [0.29, 0.717) is 10.4 Å². The molecule has 0 radical (unpaired) electrons. The fourth-order valence-electron chi connectivity index (χ4n) is 1.61. The number of hydrogen-bond donors (Lipinski definition) is 2. The molecule has 0 atom stereocenters. The molecule has 86 valence electrons. The quantitative estimate of drug-likeness (QED) is 0.217. The standard InChI is InChI=1S/C10H9N5OS/c11-14-10(16)9-7(5-13-15-12)6-3-1-2-4-8(6)17-9/h1-4H,5,11H2,(H,14,16). The Hall–Kier alpha value is -2.08. The molecular weight excluding hydrogens is 238 g/mol. The molecule has 0 saturated carbocycles. The number of hydrogen-bond acceptors (Lipinski definition) is 4. The van der Waals surface area contributed by atoms with Crippen molar-refractivity contribution in [2.45, 2.75) is 6.54 Å². The lowest BCUT2D eigenvalue weighted by Gasteiger charge is -1.99. The SMILES string of the molecule is [N-]=[N+]=NCc1c(C(=O)NN)sc2ccccc12. The van der Waals surface area contributed by atoms with Crippen LogP contribution in [0.25, 0.3) is 20.5 Å². The maximum absolute atomic E-state index is 11.6. The maximum atomic E-state index is 11.6. The molecule has 0 bridgehead atoms. The Kier molecular flexibility index (Phi) is 3.24. The number of azide groups is 1. The number of nitrogens with two attached hydrogens (primary N) is 1. The summed E-state index contributed by atoms with van der Waals surface area (Å²) in [5.74, 6) is 4.76. The number of hydrazine groups is 1. The molecule has 0 saturated heterocycles. The molecule has 0 aliphatic carbocycles. The molecule has 0 aliphatic rings. The molecule has 0 unspecified atom stereocenters. The third-order valence-electron chi connectivity index (χ3n) is 2.33. The number of nitrogen functional groups attached to an aromatic ring is 1. The number of benzene rings is 1. The van der Waals surface area contributed by atoms with Crippen molar-refractivity contribution in [3.63, 3.8) is 0 Å². The number of rotatable bonds is 3. The van der Waals surface area contributed by atoms with Crippen LogP contribution in [0.15, 0.2) is 29.4 Å². The Morgan fingerprint density at radius 1 is 1.53 bits per heavy atom. The van der Waals surface area contributed by atoms with Gasteiger partial charge in [-0.05, 0) is 22.5 Å². The molecule has 2 rings (SSSR count). The first-order chi connectivity index (χ1) is 8.27. The van der Waals surface area contributed by atoms with E-state index in [0.717, 1.165) is 10.1 Å². The van der Waals surface area contributed by atoms with Gasteiger partial charge in [-0.25, -0.2) is 5.84 Å². The molecule has 0 aliphatic heterocycles. The van der Waals surface area contributed by atoms with Crippen LogP contribution in [0, 0.1) is 0 Å². The van der Waals surface area contributed by atoms with Gasteiger partial charge in [-0.15, -0.1) is 11.3 Å². The van der Waals surface area contributed by atoms with E-state index in [1.54, 1.807) is 0 Å². The van der Waals surface area contributed by atoms with E-state index >= 15 is 0 Å². The molecule has 1 aromatic heterocycles. The average Bonchev–Trinajstić information content (AvgIpc) is 2.74. The van der Waals surface area contributed by atoms with Crippen molar-refractivity contribution in [2.75, 3.05) is 0 Å². The Morgan fingerprint density at radius 2 is 2.29 bits per heavy atom. The number of carbonyl (C=O) groups excluding carboxylic acids is 1. The van der Waals surface area contributed by atoms with E-state index in [2.05, 4.69) is 15.5 Å². The second-order valence-corrected chi connectivity index (χ2v) is 4.32. The first-order valence-corrected chi connectivity index (χ1v) is 5.61. The molecule has 6 nitrogen and oxygen atoms in total. The number of amides is 1. The number of nitrogens with one attached hydrogen (secondary N) is 1. The zero-order chi connectivity index (χ0) is 12.3.